The molecule has 6 nitrogen and oxygen atoms in total. The lowest BCUT2D eigenvalue weighted by atomic mass is 10.2. The first-order chi connectivity index (χ1) is 11.9. The first-order valence-electron chi connectivity index (χ1n) is 8.05. The van der Waals surface area contributed by atoms with E-state index in [0.717, 1.165) is 17.7 Å². The molecule has 1 amide bonds. The highest BCUT2D eigenvalue weighted by molar-refractivity contribution is 6.01. The molecule has 0 aliphatic rings. The maximum absolute atomic E-state index is 14.0. The summed E-state index contributed by atoms with van der Waals surface area (Å²) in [5.41, 5.74) is 2.59. The third kappa shape index (κ3) is 5.07. The Hall–Kier alpha value is -2.83. The van der Waals surface area contributed by atoms with Crippen molar-refractivity contribution in [1.29, 1.82) is 0 Å². The second-order valence-electron chi connectivity index (χ2n) is 5.91. The summed E-state index contributed by atoms with van der Waals surface area (Å²) in [6, 6.07) is 4.81. The number of aromatic nitrogens is 3. The number of benzene rings is 1. The van der Waals surface area contributed by atoms with Crippen LogP contribution in [0.15, 0.2) is 41.3 Å². The van der Waals surface area contributed by atoms with Gasteiger partial charge in [-0.05, 0) is 38.8 Å². The topological polar surface area (TPSA) is 72.2 Å². The molecule has 0 bridgehead atoms. The van der Waals surface area contributed by atoms with Gasteiger partial charge in [0, 0.05) is 11.9 Å². The van der Waals surface area contributed by atoms with Crippen LogP contribution in [-0.2, 0) is 6.54 Å². The van der Waals surface area contributed by atoms with E-state index >= 15 is 0 Å². The molecule has 132 valence electrons. The van der Waals surface area contributed by atoms with E-state index in [-0.39, 0.29) is 11.5 Å². The van der Waals surface area contributed by atoms with E-state index < -0.39 is 11.7 Å². The predicted molar refractivity (Wildman–Crippen MR) is 96.3 cm³/mol. The third-order valence-corrected chi connectivity index (χ3v) is 3.44. The number of carbonyl (C=O) groups excluding carboxylic acids is 1. The summed E-state index contributed by atoms with van der Waals surface area (Å²) in [4.78, 5) is 20.6. The van der Waals surface area contributed by atoms with Crippen molar-refractivity contribution in [1.82, 2.24) is 14.8 Å². The van der Waals surface area contributed by atoms with Crippen LogP contribution >= 0.6 is 0 Å². The van der Waals surface area contributed by atoms with Crippen LogP contribution in [0, 0.1) is 12.7 Å². The average Bonchev–Trinajstić information content (AvgIpc) is 3.04. The summed E-state index contributed by atoms with van der Waals surface area (Å²) in [6.07, 6.45) is 4.03. The van der Waals surface area contributed by atoms with Gasteiger partial charge in [-0.3, -0.25) is 9.79 Å². The molecular formula is C18H22FN5O. The van der Waals surface area contributed by atoms with Gasteiger partial charge >= 0.3 is 0 Å². The lowest BCUT2D eigenvalue weighted by Gasteiger charge is -2.06. The quantitative estimate of drug-likeness (QED) is 0.812. The molecule has 0 spiro atoms. The van der Waals surface area contributed by atoms with Gasteiger partial charge in [-0.2, -0.15) is 0 Å². The Balaban J connectivity index is 2.10. The van der Waals surface area contributed by atoms with E-state index in [9.17, 15) is 9.18 Å². The normalized spacial score (nSPS) is 11.3. The molecule has 0 saturated carbocycles. The molecule has 2 aromatic rings. The molecule has 0 fully saturated rings. The summed E-state index contributed by atoms with van der Waals surface area (Å²) >= 11 is 0. The zero-order chi connectivity index (χ0) is 18.4. The van der Waals surface area contributed by atoms with Crippen LogP contribution in [0.1, 0.15) is 43.4 Å². The molecule has 7 heteroatoms. The van der Waals surface area contributed by atoms with Gasteiger partial charge in [-0.25, -0.2) is 14.1 Å². The van der Waals surface area contributed by atoms with Crippen molar-refractivity contribution < 1.29 is 9.18 Å². The van der Waals surface area contributed by atoms with Crippen LogP contribution in [0.5, 0.6) is 0 Å². The number of aliphatic imine (C=N–C) groups is 1. The Bertz CT molecular complexity index is 819. The number of nitrogens with one attached hydrogen (secondary N) is 1. The molecule has 0 unspecified atom stereocenters. The lowest BCUT2D eigenvalue weighted by Crippen LogP contribution is -2.16. The molecule has 1 N–H and O–H groups in total. The maximum atomic E-state index is 14.0. The Morgan fingerprint density at radius 1 is 1.40 bits per heavy atom. The van der Waals surface area contributed by atoms with E-state index in [2.05, 4.69) is 20.4 Å². The first-order valence-corrected chi connectivity index (χ1v) is 8.05. The number of carbonyl (C=O) groups is 1. The zero-order valence-electron chi connectivity index (χ0n) is 14.9. The molecule has 25 heavy (non-hydrogen) atoms. The van der Waals surface area contributed by atoms with Crippen molar-refractivity contribution in [2.24, 2.45) is 4.99 Å². The zero-order valence-corrected chi connectivity index (χ0v) is 14.9. The lowest BCUT2D eigenvalue weighted by molar-refractivity contribution is 0.101. The van der Waals surface area contributed by atoms with Gasteiger partial charge in [0.05, 0.1) is 12.2 Å². The number of anilines is 1. The van der Waals surface area contributed by atoms with Crippen LogP contribution in [-0.4, -0.2) is 26.4 Å². The van der Waals surface area contributed by atoms with E-state index in [1.807, 2.05) is 20.8 Å². The fourth-order valence-electron chi connectivity index (χ4n) is 2.05. The Labute approximate surface area is 146 Å². The van der Waals surface area contributed by atoms with Crippen molar-refractivity contribution in [2.75, 3.05) is 5.32 Å². The minimum Gasteiger partial charge on any atom is -0.317 e. The van der Waals surface area contributed by atoms with Crippen LogP contribution in [0.4, 0.5) is 10.1 Å². The number of halogens is 1. The third-order valence-electron chi connectivity index (χ3n) is 3.44. The van der Waals surface area contributed by atoms with Gasteiger partial charge < -0.3 is 5.32 Å². The second kappa shape index (κ2) is 8.32. The Morgan fingerprint density at radius 2 is 2.16 bits per heavy atom. The largest absolute Gasteiger partial charge is 0.317 e. The number of hydrogen-bond acceptors (Lipinski definition) is 4. The van der Waals surface area contributed by atoms with Crippen molar-refractivity contribution >= 4 is 17.3 Å². The Morgan fingerprint density at radius 3 is 2.84 bits per heavy atom. The van der Waals surface area contributed by atoms with Crippen molar-refractivity contribution in [3.8, 4) is 0 Å². The van der Waals surface area contributed by atoms with Crippen molar-refractivity contribution in [3.05, 3.63) is 53.5 Å². The fourth-order valence-corrected chi connectivity index (χ4v) is 2.05. The minimum atomic E-state index is -0.553. The first kappa shape index (κ1) is 18.5. The van der Waals surface area contributed by atoms with Gasteiger partial charge in [0.2, 0.25) is 5.82 Å². The summed E-state index contributed by atoms with van der Waals surface area (Å²) in [6.45, 7) is 8.02. The number of aryl methyl sites for hydroxylation is 1. The molecule has 2 rings (SSSR count). The molecule has 0 saturated heterocycles. The highest BCUT2D eigenvalue weighted by Gasteiger charge is 2.15. The summed E-state index contributed by atoms with van der Waals surface area (Å²) in [5, 5.41) is 6.64. The van der Waals surface area contributed by atoms with Gasteiger partial charge in [-0.15, -0.1) is 5.10 Å². The summed E-state index contributed by atoms with van der Waals surface area (Å²) < 4.78 is 15.5. The van der Waals surface area contributed by atoms with Crippen LogP contribution in [0.2, 0.25) is 0 Å². The molecule has 0 aliphatic carbocycles. The molecule has 1 aromatic heterocycles. The number of hydrogen-bond donors (Lipinski definition) is 1. The summed E-state index contributed by atoms with van der Waals surface area (Å²) in [7, 11) is 0. The van der Waals surface area contributed by atoms with Gasteiger partial charge in [0.25, 0.3) is 5.91 Å². The highest BCUT2D eigenvalue weighted by Crippen LogP contribution is 2.17. The van der Waals surface area contributed by atoms with Gasteiger partial charge in [0.15, 0.2) is 0 Å². The maximum Gasteiger partial charge on any atom is 0.295 e. The fraction of sp³-hybridized carbons (Fsp3) is 0.333. The van der Waals surface area contributed by atoms with E-state index in [0.29, 0.717) is 12.1 Å². The standard InChI is InChI=1S/C18H22FN5O/c1-5-14(20-9-12(2)3)10-24-11-21-17(23-24)18(25)22-15-8-6-7-13(4)16(15)19/h6-9,11H,5,10H2,1-4H3,(H,22,25)/b20-14+. The summed E-state index contributed by atoms with van der Waals surface area (Å²) in [5.74, 6) is -1.03. The monoisotopic (exact) mass is 343 g/mol. The Kier molecular flexibility index (Phi) is 6.16. The van der Waals surface area contributed by atoms with Crippen LogP contribution < -0.4 is 5.32 Å². The minimum absolute atomic E-state index is 0.0152. The number of amides is 1. The van der Waals surface area contributed by atoms with E-state index in [1.54, 1.807) is 29.9 Å². The van der Waals surface area contributed by atoms with E-state index in [1.165, 1.54) is 12.4 Å². The second-order valence-corrected chi connectivity index (χ2v) is 5.91. The molecule has 1 aromatic carbocycles. The van der Waals surface area contributed by atoms with Gasteiger partial charge in [0.1, 0.15) is 12.1 Å². The smallest absolute Gasteiger partial charge is 0.295 e. The SMILES string of the molecule is CC/C(Cn1cnc(C(=O)Nc2cccc(C)c2F)n1)=N\C=C(C)C. The molecule has 0 atom stereocenters. The molecule has 1 heterocycles. The van der Waals surface area contributed by atoms with Crippen LogP contribution in [0.25, 0.3) is 0 Å². The average molecular weight is 343 g/mol. The predicted octanol–water partition coefficient (Wildman–Crippen LogP) is 3.75. The van der Waals surface area contributed by atoms with Crippen LogP contribution in [0.3, 0.4) is 0 Å². The number of nitrogens with zero attached hydrogens (tertiary/aromatic N) is 4. The van der Waals surface area contributed by atoms with E-state index in [4.69, 9.17) is 0 Å². The molecular weight excluding hydrogens is 321 g/mol. The van der Waals surface area contributed by atoms with Crippen molar-refractivity contribution in [2.45, 2.75) is 40.7 Å². The van der Waals surface area contributed by atoms with Gasteiger partial charge in [-0.1, -0.05) is 24.6 Å². The van der Waals surface area contributed by atoms with Crippen molar-refractivity contribution in [3.63, 3.8) is 0 Å². The highest BCUT2D eigenvalue weighted by atomic mass is 19.1. The molecule has 0 aliphatic heterocycles. The number of rotatable bonds is 6. The molecule has 0 radical (unpaired) electrons. The number of allylic oxidation sites excluding steroid dienone is 1.